The van der Waals surface area contributed by atoms with Crippen LogP contribution in [0.3, 0.4) is 0 Å². The molecule has 4 nitrogen and oxygen atoms in total. The number of ether oxygens (including phenoxy) is 2. The molecule has 4 heteroatoms. The zero-order valence-corrected chi connectivity index (χ0v) is 12.8. The SMILES string of the molecule is COC1CN(CC2CCCC(C)(C)C2O)CC1OC. The molecule has 0 aromatic heterocycles. The molecular formula is C15H29NO3. The van der Waals surface area contributed by atoms with Gasteiger partial charge < -0.3 is 14.6 Å². The third-order valence-electron chi connectivity index (χ3n) is 5.03. The van der Waals surface area contributed by atoms with Gasteiger partial charge in [0, 0.05) is 33.9 Å². The number of aliphatic hydroxyl groups is 1. The number of likely N-dealkylation sites (tertiary alicyclic amines) is 1. The van der Waals surface area contributed by atoms with Gasteiger partial charge in [0.1, 0.15) is 0 Å². The normalized spacial score (nSPS) is 39.6. The maximum Gasteiger partial charge on any atom is 0.0971 e. The Labute approximate surface area is 117 Å². The fourth-order valence-electron chi connectivity index (χ4n) is 3.71. The van der Waals surface area contributed by atoms with Crippen LogP contribution in [-0.2, 0) is 9.47 Å². The van der Waals surface area contributed by atoms with E-state index in [0.717, 1.165) is 32.5 Å². The molecule has 2 fully saturated rings. The second kappa shape index (κ2) is 6.08. The van der Waals surface area contributed by atoms with E-state index in [1.165, 1.54) is 6.42 Å². The van der Waals surface area contributed by atoms with E-state index in [1.54, 1.807) is 14.2 Å². The van der Waals surface area contributed by atoms with Crippen molar-refractivity contribution in [3.05, 3.63) is 0 Å². The molecule has 4 unspecified atom stereocenters. The maximum absolute atomic E-state index is 10.5. The van der Waals surface area contributed by atoms with E-state index in [0.29, 0.717) is 5.92 Å². The molecular weight excluding hydrogens is 242 g/mol. The summed E-state index contributed by atoms with van der Waals surface area (Å²) in [5.74, 6) is 0.386. The van der Waals surface area contributed by atoms with Crippen LogP contribution >= 0.6 is 0 Å². The van der Waals surface area contributed by atoms with Gasteiger partial charge in [0.15, 0.2) is 0 Å². The zero-order valence-electron chi connectivity index (χ0n) is 12.8. The Morgan fingerprint density at radius 1 is 1.16 bits per heavy atom. The molecule has 0 amide bonds. The van der Waals surface area contributed by atoms with Gasteiger partial charge in [-0.2, -0.15) is 0 Å². The summed E-state index contributed by atoms with van der Waals surface area (Å²) in [6, 6.07) is 0. The lowest BCUT2D eigenvalue weighted by Gasteiger charge is -2.42. The van der Waals surface area contributed by atoms with Crippen molar-refractivity contribution in [2.75, 3.05) is 33.9 Å². The average molecular weight is 271 g/mol. The highest BCUT2D eigenvalue weighted by atomic mass is 16.5. The monoisotopic (exact) mass is 271 g/mol. The van der Waals surface area contributed by atoms with Crippen molar-refractivity contribution in [3.8, 4) is 0 Å². The van der Waals surface area contributed by atoms with Crippen LogP contribution in [0.1, 0.15) is 33.1 Å². The molecule has 1 N–H and O–H groups in total. The molecule has 0 spiro atoms. The number of nitrogens with zero attached hydrogens (tertiary/aromatic N) is 1. The van der Waals surface area contributed by atoms with Crippen LogP contribution in [0, 0.1) is 11.3 Å². The number of aliphatic hydroxyl groups excluding tert-OH is 1. The molecule has 1 aliphatic carbocycles. The smallest absolute Gasteiger partial charge is 0.0971 e. The molecule has 1 aliphatic heterocycles. The van der Waals surface area contributed by atoms with Crippen LogP contribution in [0.2, 0.25) is 0 Å². The lowest BCUT2D eigenvalue weighted by molar-refractivity contribution is -0.0422. The molecule has 2 rings (SSSR count). The first-order valence-electron chi connectivity index (χ1n) is 7.44. The highest BCUT2D eigenvalue weighted by Crippen LogP contribution is 2.39. The van der Waals surface area contributed by atoms with Gasteiger partial charge >= 0.3 is 0 Å². The minimum Gasteiger partial charge on any atom is -0.392 e. The standard InChI is InChI=1S/C15H29NO3/c1-15(2)7-5-6-11(14(15)17)8-16-9-12(18-3)13(10-16)19-4/h11-14,17H,5-10H2,1-4H3. The van der Waals surface area contributed by atoms with Gasteiger partial charge in [-0.25, -0.2) is 0 Å². The van der Waals surface area contributed by atoms with E-state index in [-0.39, 0.29) is 23.7 Å². The molecule has 19 heavy (non-hydrogen) atoms. The van der Waals surface area contributed by atoms with Crippen molar-refractivity contribution >= 4 is 0 Å². The minimum absolute atomic E-state index is 0.0595. The third kappa shape index (κ3) is 3.30. The summed E-state index contributed by atoms with van der Waals surface area (Å²) >= 11 is 0. The quantitative estimate of drug-likeness (QED) is 0.842. The molecule has 112 valence electrons. The Morgan fingerprint density at radius 3 is 2.26 bits per heavy atom. The molecule has 1 saturated heterocycles. The van der Waals surface area contributed by atoms with E-state index in [2.05, 4.69) is 18.7 Å². The fraction of sp³-hybridized carbons (Fsp3) is 1.00. The van der Waals surface area contributed by atoms with Gasteiger partial charge in [-0.15, -0.1) is 0 Å². The fourth-order valence-corrected chi connectivity index (χ4v) is 3.71. The first-order chi connectivity index (χ1) is 8.97. The summed E-state index contributed by atoms with van der Waals surface area (Å²) in [7, 11) is 3.50. The van der Waals surface area contributed by atoms with E-state index in [4.69, 9.17) is 9.47 Å². The van der Waals surface area contributed by atoms with Crippen LogP contribution in [0.25, 0.3) is 0 Å². The maximum atomic E-state index is 10.5. The van der Waals surface area contributed by atoms with Crippen molar-refractivity contribution in [2.24, 2.45) is 11.3 Å². The number of rotatable bonds is 4. The molecule has 0 aromatic rings. The average Bonchev–Trinajstić information content (AvgIpc) is 2.77. The second-order valence-corrected chi connectivity index (χ2v) is 6.85. The van der Waals surface area contributed by atoms with Crippen molar-refractivity contribution < 1.29 is 14.6 Å². The second-order valence-electron chi connectivity index (χ2n) is 6.85. The molecule has 4 atom stereocenters. The van der Waals surface area contributed by atoms with Crippen molar-refractivity contribution in [1.29, 1.82) is 0 Å². The van der Waals surface area contributed by atoms with E-state index < -0.39 is 0 Å². The Hall–Kier alpha value is -0.160. The van der Waals surface area contributed by atoms with Crippen LogP contribution < -0.4 is 0 Å². The number of methoxy groups -OCH3 is 2. The minimum atomic E-state index is -0.191. The topological polar surface area (TPSA) is 41.9 Å². The van der Waals surface area contributed by atoms with E-state index in [1.807, 2.05) is 0 Å². The van der Waals surface area contributed by atoms with Gasteiger partial charge in [0.2, 0.25) is 0 Å². The Balaban J connectivity index is 1.91. The highest BCUT2D eigenvalue weighted by Gasteiger charge is 2.40. The largest absolute Gasteiger partial charge is 0.392 e. The lowest BCUT2D eigenvalue weighted by Crippen LogP contribution is -2.44. The number of hydrogen-bond donors (Lipinski definition) is 1. The zero-order chi connectivity index (χ0) is 14.0. The van der Waals surface area contributed by atoms with Gasteiger partial charge in [-0.05, 0) is 24.2 Å². The van der Waals surface area contributed by atoms with Crippen molar-refractivity contribution in [1.82, 2.24) is 4.90 Å². The molecule has 0 bridgehead atoms. The summed E-state index contributed by atoms with van der Waals surface area (Å²) in [5.41, 5.74) is 0.0595. The Bertz CT molecular complexity index is 283. The van der Waals surface area contributed by atoms with Gasteiger partial charge in [0.05, 0.1) is 18.3 Å². The predicted molar refractivity (Wildman–Crippen MR) is 75.2 cm³/mol. The van der Waals surface area contributed by atoms with E-state index >= 15 is 0 Å². The predicted octanol–water partition coefficient (Wildman–Crippen LogP) is 1.52. The molecule has 2 aliphatic rings. The van der Waals surface area contributed by atoms with Crippen molar-refractivity contribution in [3.63, 3.8) is 0 Å². The molecule has 0 aromatic carbocycles. The summed E-state index contributed by atoms with van der Waals surface area (Å²) < 4.78 is 10.9. The summed E-state index contributed by atoms with van der Waals surface area (Å²) in [6.07, 6.45) is 3.63. The third-order valence-corrected chi connectivity index (χ3v) is 5.03. The van der Waals surface area contributed by atoms with Gasteiger partial charge in [-0.3, -0.25) is 4.90 Å². The highest BCUT2D eigenvalue weighted by molar-refractivity contribution is 4.92. The molecule has 1 saturated carbocycles. The first kappa shape index (κ1) is 15.2. The van der Waals surface area contributed by atoms with Crippen LogP contribution in [0.5, 0.6) is 0 Å². The van der Waals surface area contributed by atoms with Gasteiger partial charge in [0.25, 0.3) is 0 Å². The summed E-state index contributed by atoms with van der Waals surface area (Å²) in [6.45, 7) is 7.16. The van der Waals surface area contributed by atoms with Crippen LogP contribution in [0.15, 0.2) is 0 Å². The van der Waals surface area contributed by atoms with Crippen LogP contribution in [0.4, 0.5) is 0 Å². The molecule has 1 heterocycles. The Kier molecular flexibility index (Phi) is 4.88. The number of hydrogen-bond acceptors (Lipinski definition) is 4. The first-order valence-corrected chi connectivity index (χ1v) is 7.44. The lowest BCUT2D eigenvalue weighted by atomic mass is 9.69. The Morgan fingerprint density at radius 2 is 1.74 bits per heavy atom. The summed E-state index contributed by atoms with van der Waals surface area (Å²) in [5, 5.41) is 10.5. The van der Waals surface area contributed by atoms with Crippen LogP contribution in [-0.4, -0.2) is 62.2 Å². The van der Waals surface area contributed by atoms with Crippen molar-refractivity contribution in [2.45, 2.75) is 51.4 Å². The van der Waals surface area contributed by atoms with E-state index in [9.17, 15) is 5.11 Å². The summed E-state index contributed by atoms with van der Waals surface area (Å²) in [4.78, 5) is 2.39. The molecule has 0 radical (unpaired) electrons. The van der Waals surface area contributed by atoms with Gasteiger partial charge in [-0.1, -0.05) is 20.3 Å².